The van der Waals surface area contributed by atoms with E-state index in [2.05, 4.69) is 113 Å². The van der Waals surface area contributed by atoms with Crippen LogP contribution in [0, 0.1) is 5.41 Å². The fourth-order valence-corrected chi connectivity index (χ4v) is 16.9. The van der Waals surface area contributed by atoms with E-state index in [-0.39, 0.29) is 19.4 Å². The third kappa shape index (κ3) is 21.2. The second-order valence-electron chi connectivity index (χ2n) is 27.2. The van der Waals surface area contributed by atoms with Gasteiger partial charge in [-0.3, -0.25) is 0 Å². The molecule has 4 saturated heterocycles. The van der Waals surface area contributed by atoms with Crippen molar-refractivity contribution in [3.05, 3.63) is 159 Å². The Morgan fingerprint density at radius 1 is 0.477 bits per heavy atom. The number of aromatic amines is 1. The maximum atomic E-state index is 14.2. The van der Waals surface area contributed by atoms with Crippen molar-refractivity contribution in [3.63, 3.8) is 0 Å². The minimum atomic E-state index is -1.28. The number of piperidine rings is 4. The number of halogens is 6. The van der Waals surface area contributed by atoms with Crippen LogP contribution in [0.25, 0.3) is 11.4 Å². The lowest BCUT2D eigenvalue weighted by molar-refractivity contribution is 0.0124. The van der Waals surface area contributed by atoms with Gasteiger partial charge in [-0.1, -0.05) is 182 Å². The van der Waals surface area contributed by atoms with Gasteiger partial charge in [-0.15, -0.1) is 10.2 Å². The van der Waals surface area contributed by atoms with E-state index in [1.807, 2.05) is 66.4 Å². The van der Waals surface area contributed by atoms with E-state index in [1.54, 1.807) is 49.1 Å². The largest absolute Gasteiger partial charge is 0.397 e. The second kappa shape index (κ2) is 37.4. The zero-order chi connectivity index (χ0) is 76.9. The molecule has 4 aliphatic heterocycles. The molecule has 0 saturated carbocycles. The van der Waals surface area contributed by atoms with Crippen LogP contribution in [-0.4, -0.2) is 142 Å². The molecule has 0 atom stereocenters. The van der Waals surface area contributed by atoms with Gasteiger partial charge < -0.3 is 70.6 Å². The van der Waals surface area contributed by atoms with Gasteiger partial charge in [-0.05, 0) is 116 Å². The molecule has 0 unspecified atom stereocenters. The van der Waals surface area contributed by atoms with E-state index >= 15 is 0 Å². The van der Waals surface area contributed by atoms with Crippen LogP contribution >= 0.6 is 105 Å². The van der Waals surface area contributed by atoms with E-state index in [0.717, 1.165) is 127 Å². The number of hydrogen-bond acceptors (Lipinski definition) is 28. The summed E-state index contributed by atoms with van der Waals surface area (Å²) >= 11 is 36.6. The van der Waals surface area contributed by atoms with E-state index in [9.17, 15) is 9.50 Å². The predicted molar refractivity (Wildman–Crippen MR) is 447 cm³/mol. The lowest BCUT2D eigenvalue weighted by Crippen LogP contribution is -2.47. The molecule has 5 aromatic carbocycles. The first-order valence-corrected chi connectivity index (χ1v) is 40.1. The number of tetrazole rings is 1. The predicted octanol–water partition coefficient (Wildman–Crippen LogP) is 15.2. The number of anilines is 10. The number of rotatable bonds is 17. The van der Waals surface area contributed by atoms with Crippen LogP contribution in [0.15, 0.2) is 168 Å². The number of benzene rings is 5. The van der Waals surface area contributed by atoms with Crippen LogP contribution in [0.4, 0.5) is 62.3 Å². The molecule has 0 spiro atoms. The fourth-order valence-electron chi connectivity index (χ4n) is 12.4. The first-order chi connectivity index (χ1) is 51.8. The Balaban J connectivity index is 0.000000155. The first kappa shape index (κ1) is 83.6. The van der Waals surface area contributed by atoms with Gasteiger partial charge in [0.05, 0.1) is 66.9 Å². The number of nitrogens with zero attached hydrogens (tertiary/aromatic N) is 15. The quantitative estimate of drug-likeness (QED) is 0.0379. The number of nitrogen functional groups attached to an aromatic ring is 6. The highest BCUT2D eigenvalue weighted by Gasteiger charge is 2.37. The van der Waals surface area contributed by atoms with E-state index in [4.69, 9.17) is 104 Å². The molecule has 0 radical (unpaired) electrons. The zero-order valence-corrected chi connectivity index (χ0v) is 66.8. The van der Waals surface area contributed by atoms with Gasteiger partial charge in [0.25, 0.3) is 0 Å². The molecule has 35 heteroatoms. The summed E-state index contributed by atoms with van der Waals surface area (Å²) in [4.78, 5) is 47.7. The summed E-state index contributed by atoms with van der Waals surface area (Å²) in [5, 5.41) is 29.2. The highest BCUT2D eigenvalue weighted by Crippen LogP contribution is 2.44. The average Bonchev–Trinajstić information content (AvgIpc) is 1.13. The Hall–Kier alpha value is -7.85. The van der Waals surface area contributed by atoms with Gasteiger partial charge in [-0.25, -0.2) is 44.3 Å². The lowest BCUT2D eigenvalue weighted by atomic mass is 9.73. The van der Waals surface area contributed by atoms with Crippen molar-refractivity contribution in [3.8, 4) is 11.4 Å². The standard InChI is InChI=1S/C22H23Cl2N5S.C18H21ClN8S.C17H22ClN5OS.C16H20ClFN6S.CH4/c23-16-7-4-8-17(19(16)24)30-21-20(26)28-18(13-27-21)29-11-9-22(14-25,10-12-29)15-5-2-1-3-6-15;1-18(2)5-7-27(8-6-18)14-10-21-17(15(20)22-14)28-13-4-3-11(9-12(13)19)16-23-25-26-24-16;1-2-17(24)6-8-23(9-7-17)13-10-21-16(15(20)22-13)25-12-5-3-4-11(19)14(12)18;17-13-10(20)2-1-3-11(13)25-15-14(21)23-12(8-22-15)24-6-4-16(18,9-19)5-7-24;/h1-8,13H,9-12,14,25H2,(H2,26,28);3-4,9-10H,5-8H2,1-2H3,(H2,20,22)(H,23,24,25,26);3-5,10,24H,2,6-9,19H2,1H3,(H2,20,22);1-3,8H,4-7,9,19-20H2,(H2,21,23);1H4. The van der Waals surface area contributed by atoms with Crippen LogP contribution < -0.4 is 65.5 Å². The molecule has 18 N–H and O–H groups in total. The summed E-state index contributed by atoms with van der Waals surface area (Å²) in [6.45, 7) is 13.5. The minimum Gasteiger partial charge on any atom is -0.397 e. The molecule has 0 bridgehead atoms. The normalized spacial score (nSPS) is 16.3. The van der Waals surface area contributed by atoms with Crippen molar-refractivity contribution in [1.82, 2.24) is 60.5 Å². The molecule has 25 nitrogen and oxygen atoms in total. The Morgan fingerprint density at radius 2 is 0.881 bits per heavy atom. The maximum absolute atomic E-state index is 14.2. The summed E-state index contributed by atoms with van der Waals surface area (Å²) in [5.41, 5.74) is 49.6. The molecule has 0 aliphatic carbocycles. The number of H-pyrrole nitrogens is 1. The molecule has 4 aliphatic rings. The Kier molecular flexibility index (Phi) is 28.7. The van der Waals surface area contributed by atoms with Gasteiger partial charge in [-0.2, -0.15) is 5.21 Å². The van der Waals surface area contributed by atoms with E-state index in [1.165, 1.54) is 52.6 Å². The van der Waals surface area contributed by atoms with Crippen molar-refractivity contribution in [2.75, 3.05) is 119 Å². The summed E-state index contributed by atoms with van der Waals surface area (Å²) < 4.78 is 14.2. The van der Waals surface area contributed by atoms with Crippen LogP contribution in [0.5, 0.6) is 0 Å². The monoisotopic (exact) mass is 1650 g/mol. The molecule has 0 amide bonds. The van der Waals surface area contributed by atoms with Crippen LogP contribution in [0.1, 0.15) is 91.5 Å². The summed E-state index contributed by atoms with van der Waals surface area (Å²) in [7, 11) is 0. The highest BCUT2D eigenvalue weighted by atomic mass is 35.5. The zero-order valence-electron chi connectivity index (χ0n) is 59.7. The SMILES string of the molecule is C.CC1(C)CCN(c2cnc(Sc3ccc(-c4nn[nH]n4)cc3Cl)c(N)n2)CC1.CCC1(O)CCN(c2cnc(Sc3cccc(N)c3Cl)c(N)n2)CC1.NCC1(F)CCN(c2cnc(Sc3cccc(N)c3Cl)c(N)n2)CC1.NCC1(c2ccccc2)CCN(c2cnc(Sc3cccc(Cl)c3Cl)c(N)n2)CC1. The number of nitrogens with two attached hydrogens (primary N) is 8. The van der Waals surface area contributed by atoms with E-state index in [0.29, 0.717) is 129 Å². The summed E-state index contributed by atoms with van der Waals surface area (Å²) in [5.74, 6) is 4.93. The lowest BCUT2D eigenvalue weighted by Gasteiger charge is -2.42. The minimum absolute atomic E-state index is 0. The van der Waals surface area contributed by atoms with Crippen LogP contribution in [0.3, 0.4) is 0 Å². The van der Waals surface area contributed by atoms with Gasteiger partial charge in [0.15, 0.2) is 23.3 Å². The maximum Gasteiger partial charge on any atom is 0.204 e. The number of aromatic nitrogens is 12. The molecular weight excluding hydrogens is 1570 g/mol. The number of hydrogen-bond donors (Lipinski definition) is 10. The molecule has 14 rings (SSSR count). The van der Waals surface area contributed by atoms with Crippen molar-refractivity contribution in [2.45, 2.75) is 142 Å². The molecule has 10 aromatic rings. The summed E-state index contributed by atoms with van der Waals surface area (Å²) in [6, 6.07) is 32.4. The molecular formula is C74H90Cl5FN24OS4. The molecule has 4 fully saturated rings. The van der Waals surface area contributed by atoms with E-state index < -0.39 is 11.3 Å². The Bertz CT molecular complexity index is 4560. The first-order valence-electron chi connectivity index (χ1n) is 34.9. The number of aliphatic hydroxyl groups is 1. The smallest absolute Gasteiger partial charge is 0.204 e. The fraction of sp³-hybridized carbons (Fsp3) is 0.365. The average molecular weight is 1660 g/mol. The molecule has 5 aromatic heterocycles. The second-order valence-corrected chi connectivity index (χ2v) is 33.3. The highest BCUT2D eigenvalue weighted by molar-refractivity contribution is 8.00. The summed E-state index contributed by atoms with van der Waals surface area (Å²) in [6.07, 6.45) is 14.1. The van der Waals surface area contributed by atoms with Crippen molar-refractivity contribution in [1.29, 1.82) is 0 Å². The van der Waals surface area contributed by atoms with Gasteiger partial charge in [0.1, 0.15) is 49.0 Å². The van der Waals surface area contributed by atoms with Crippen molar-refractivity contribution in [2.24, 2.45) is 16.9 Å². The Morgan fingerprint density at radius 3 is 1.28 bits per heavy atom. The van der Waals surface area contributed by atoms with Gasteiger partial charge in [0, 0.05) is 109 Å². The Labute approximate surface area is 676 Å². The molecule has 109 heavy (non-hydrogen) atoms. The van der Waals surface area contributed by atoms with Crippen molar-refractivity contribution >= 4 is 163 Å². The topological polar surface area (TPSA) is 399 Å². The van der Waals surface area contributed by atoms with Crippen molar-refractivity contribution < 1.29 is 9.50 Å². The van der Waals surface area contributed by atoms with Gasteiger partial charge in [0.2, 0.25) is 5.82 Å². The number of nitrogens with one attached hydrogen (secondary N) is 1. The van der Waals surface area contributed by atoms with Crippen LogP contribution in [-0.2, 0) is 5.41 Å². The third-order valence-corrected chi connectivity index (χ3v) is 26.3. The molecule has 578 valence electrons. The van der Waals surface area contributed by atoms with Crippen LogP contribution in [0.2, 0.25) is 25.1 Å². The third-order valence-electron chi connectivity index (χ3n) is 19.6. The molecule has 9 heterocycles. The number of alkyl halides is 1. The van der Waals surface area contributed by atoms with Gasteiger partial charge >= 0.3 is 0 Å².